The average Bonchev–Trinajstić information content (AvgIpc) is 3.17. The second kappa shape index (κ2) is 7.95. The number of rotatable bonds is 5. The Hall–Kier alpha value is -3.35. The van der Waals surface area contributed by atoms with Crippen LogP contribution in [0.2, 0.25) is 0 Å². The highest BCUT2D eigenvalue weighted by molar-refractivity contribution is 6.00. The summed E-state index contributed by atoms with van der Waals surface area (Å²) in [5.74, 6) is -0.638. The van der Waals surface area contributed by atoms with Crippen molar-refractivity contribution in [1.29, 1.82) is 0 Å². The Morgan fingerprint density at radius 3 is 2.41 bits per heavy atom. The number of para-hydroxylation sites is 1. The number of ether oxygens (including phenoxy) is 1. The summed E-state index contributed by atoms with van der Waals surface area (Å²) in [5, 5.41) is 4.65. The van der Waals surface area contributed by atoms with Crippen molar-refractivity contribution in [3.8, 4) is 5.69 Å². The Morgan fingerprint density at radius 2 is 1.79 bits per heavy atom. The predicted molar refractivity (Wildman–Crippen MR) is 110 cm³/mol. The SMILES string of the molecule is COC(=O)c1c(C)[nH]c(C(=O)N(C)Cc2c(C)nn(-c3ccccc3)c2C)c1C. The monoisotopic (exact) mass is 394 g/mol. The molecule has 7 nitrogen and oxygen atoms in total. The molecule has 0 saturated carbocycles. The molecule has 0 unspecified atom stereocenters. The lowest BCUT2D eigenvalue weighted by Crippen LogP contribution is -2.27. The number of methoxy groups -OCH3 is 1. The zero-order valence-electron chi connectivity index (χ0n) is 17.7. The molecule has 0 atom stereocenters. The number of H-pyrrole nitrogens is 1. The smallest absolute Gasteiger partial charge is 0.339 e. The number of esters is 1. The maximum Gasteiger partial charge on any atom is 0.339 e. The third-order valence-electron chi connectivity index (χ3n) is 5.22. The Bertz CT molecular complexity index is 1060. The number of carbonyl (C=O) groups is 2. The topological polar surface area (TPSA) is 80.2 Å². The molecular weight excluding hydrogens is 368 g/mol. The van der Waals surface area contributed by atoms with Gasteiger partial charge < -0.3 is 14.6 Å². The first kappa shape index (κ1) is 20.4. The van der Waals surface area contributed by atoms with Crippen LogP contribution in [0, 0.1) is 27.7 Å². The van der Waals surface area contributed by atoms with E-state index in [1.54, 1.807) is 25.8 Å². The van der Waals surface area contributed by atoms with Crippen molar-refractivity contribution in [3.63, 3.8) is 0 Å². The molecule has 0 bridgehead atoms. The van der Waals surface area contributed by atoms with Gasteiger partial charge in [0.1, 0.15) is 5.69 Å². The molecular formula is C22H26N4O3. The van der Waals surface area contributed by atoms with E-state index in [4.69, 9.17) is 4.74 Å². The number of aromatic amines is 1. The maximum absolute atomic E-state index is 13.1. The van der Waals surface area contributed by atoms with Gasteiger partial charge >= 0.3 is 5.97 Å². The maximum atomic E-state index is 13.1. The van der Waals surface area contributed by atoms with Gasteiger partial charge in [0.05, 0.1) is 24.1 Å². The second-order valence-electron chi connectivity index (χ2n) is 7.17. The molecule has 0 aliphatic heterocycles. The van der Waals surface area contributed by atoms with Gasteiger partial charge in [0, 0.05) is 30.5 Å². The van der Waals surface area contributed by atoms with Crippen LogP contribution in [0.15, 0.2) is 30.3 Å². The molecule has 3 rings (SSSR count). The quantitative estimate of drug-likeness (QED) is 0.672. The lowest BCUT2D eigenvalue weighted by atomic mass is 10.1. The van der Waals surface area contributed by atoms with Crippen LogP contribution in [0.5, 0.6) is 0 Å². The summed E-state index contributed by atoms with van der Waals surface area (Å²) < 4.78 is 6.72. The molecule has 29 heavy (non-hydrogen) atoms. The van der Waals surface area contributed by atoms with Crippen molar-refractivity contribution in [1.82, 2.24) is 19.7 Å². The molecule has 0 saturated heterocycles. The van der Waals surface area contributed by atoms with Gasteiger partial charge in [0.2, 0.25) is 0 Å². The van der Waals surface area contributed by atoms with Gasteiger partial charge in [-0.05, 0) is 45.4 Å². The molecule has 0 radical (unpaired) electrons. The van der Waals surface area contributed by atoms with Crippen molar-refractivity contribution in [3.05, 3.63) is 69.8 Å². The highest BCUT2D eigenvalue weighted by Crippen LogP contribution is 2.23. The van der Waals surface area contributed by atoms with Crippen LogP contribution in [0.25, 0.3) is 5.69 Å². The first-order valence-electron chi connectivity index (χ1n) is 9.39. The Balaban J connectivity index is 1.88. The second-order valence-corrected chi connectivity index (χ2v) is 7.17. The van der Waals surface area contributed by atoms with E-state index in [1.165, 1.54) is 7.11 Å². The summed E-state index contributed by atoms with van der Waals surface area (Å²) in [6.07, 6.45) is 0. The number of nitrogens with zero attached hydrogens (tertiary/aromatic N) is 3. The highest BCUT2D eigenvalue weighted by atomic mass is 16.5. The normalized spacial score (nSPS) is 10.8. The van der Waals surface area contributed by atoms with Gasteiger partial charge in [0.15, 0.2) is 0 Å². The largest absolute Gasteiger partial charge is 0.465 e. The highest BCUT2D eigenvalue weighted by Gasteiger charge is 2.25. The molecule has 1 N–H and O–H groups in total. The van der Waals surface area contributed by atoms with E-state index in [9.17, 15) is 9.59 Å². The molecule has 0 aliphatic rings. The molecule has 3 aromatic rings. The Morgan fingerprint density at radius 1 is 1.14 bits per heavy atom. The van der Waals surface area contributed by atoms with Crippen molar-refractivity contribution in [2.75, 3.05) is 14.2 Å². The number of amides is 1. The Labute approximate surface area is 170 Å². The van der Waals surface area contributed by atoms with Crippen LogP contribution < -0.4 is 0 Å². The lowest BCUT2D eigenvalue weighted by molar-refractivity contribution is 0.0599. The van der Waals surface area contributed by atoms with Gasteiger partial charge in [-0.15, -0.1) is 0 Å². The van der Waals surface area contributed by atoms with Crippen LogP contribution in [0.1, 0.15) is 49.1 Å². The number of aryl methyl sites for hydroxylation is 2. The van der Waals surface area contributed by atoms with Crippen LogP contribution in [-0.2, 0) is 11.3 Å². The molecule has 0 fully saturated rings. The number of carbonyl (C=O) groups excluding carboxylic acids is 2. The van der Waals surface area contributed by atoms with Crippen LogP contribution in [0.4, 0.5) is 0 Å². The fourth-order valence-electron chi connectivity index (χ4n) is 3.60. The van der Waals surface area contributed by atoms with Gasteiger partial charge in [-0.25, -0.2) is 9.48 Å². The number of aromatic nitrogens is 3. The Kier molecular flexibility index (Phi) is 5.59. The van der Waals surface area contributed by atoms with Crippen LogP contribution >= 0.6 is 0 Å². The fraction of sp³-hybridized carbons (Fsp3) is 0.318. The minimum Gasteiger partial charge on any atom is -0.465 e. The van der Waals surface area contributed by atoms with E-state index in [2.05, 4.69) is 10.1 Å². The number of hydrogen-bond donors (Lipinski definition) is 1. The molecule has 7 heteroatoms. The summed E-state index contributed by atoms with van der Waals surface area (Å²) in [6, 6.07) is 9.90. The van der Waals surface area contributed by atoms with Crippen molar-refractivity contribution >= 4 is 11.9 Å². The van der Waals surface area contributed by atoms with E-state index in [0.717, 1.165) is 22.6 Å². The fourth-order valence-corrected chi connectivity index (χ4v) is 3.60. The number of nitrogens with one attached hydrogen (secondary N) is 1. The molecule has 1 amide bonds. The summed E-state index contributed by atoms with van der Waals surface area (Å²) >= 11 is 0. The van der Waals surface area contributed by atoms with E-state index in [1.807, 2.05) is 48.9 Å². The lowest BCUT2D eigenvalue weighted by Gasteiger charge is -2.17. The first-order chi connectivity index (χ1) is 13.8. The van der Waals surface area contributed by atoms with Gasteiger partial charge in [-0.1, -0.05) is 18.2 Å². The molecule has 0 spiro atoms. The zero-order chi connectivity index (χ0) is 21.3. The summed E-state index contributed by atoms with van der Waals surface area (Å²) in [4.78, 5) is 29.7. The molecule has 0 aliphatic carbocycles. The van der Waals surface area contributed by atoms with Crippen molar-refractivity contribution in [2.45, 2.75) is 34.2 Å². The van der Waals surface area contributed by atoms with Gasteiger partial charge in [0.25, 0.3) is 5.91 Å². The summed E-state index contributed by atoms with van der Waals surface area (Å²) in [6.45, 7) is 7.86. The van der Waals surface area contributed by atoms with Crippen molar-refractivity contribution < 1.29 is 14.3 Å². The van der Waals surface area contributed by atoms with E-state index >= 15 is 0 Å². The van der Waals surface area contributed by atoms with Gasteiger partial charge in [-0.3, -0.25) is 4.79 Å². The van der Waals surface area contributed by atoms with E-state index in [0.29, 0.717) is 29.1 Å². The molecule has 2 heterocycles. The zero-order valence-corrected chi connectivity index (χ0v) is 17.7. The first-order valence-corrected chi connectivity index (χ1v) is 9.39. The number of hydrogen-bond acceptors (Lipinski definition) is 4. The molecule has 2 aromatic heterocycles. The minimum absolute atomic E-state index is 0.188. The van der Waals surface area contributed by atoms with Crippen molar-refractivity contribution in [2.24, 2.45) is 0 Å². The third kappa shape index (κ3) is 3.68. The van der Waals surface area contributed by atoms with E-state index in [-0.39, 0.29) is 5.91 Å². The summed E-state index contributed by atoms with van der Waals surface area (Å²) in [5.41, 5.74) is 5.87. The van der Waals surface area contributed by atoms with E-state index < -0.39 is 5.97 Å². The van der Waals surface area contributed by atoms with Gasteiger partial charge in [-0.2, -0.15) is 5.10 Å². The average molecular weight is 394 g/mol. The minimum atomic E-state index is -0.450. The number of benzene rings is 1. The predicted octanol–water partition coefficient (Wildman–Crippen LogP) is 3.49. The third-order valence-corrected chi connectivity index (χ3v) is 5.22. The standard InChI is InChI=1S/C22H26N4O3/c1-13-19(22(28)29-6)15(3)23-20(13)21(27)25(5)12-18-14(2)24-26(16(18)4)17-10-8-7-9-11-17/h7-11,23H,12H2,1-6H3. The summed E-state index contributed by atoms with van der Waals surface area (Å²) in [7, 11) is 3.08. The molecule has 1 aromatic carbocycles. The van der Waals surface area contributed by atoms with Crippen LogP contribution in [0.3, 0.4) is 0 Å². The van der Waals surface area contributed by atoms with Crippen LogP contribution in [-0.4, -0.2) is 45.7 Å². The molecule has 152 valence electrons.